The van der Waals surface area contributed by atoms with Gasteiger partial charge in [0, 0.05) is 11.8 Å². The van der Waals surface area contributed by atoms with Crippen LogP contribution in [-0.2, 0) is 14.3 Å². The summed E-state index contributed by atoms with van der Waals surface area (Å²) in [4.78, 5) is 11.5. The summed E-state index contributed by atoms with van der Waals surface area (Å²) in [6.07, 6.45) is 4.37. The van der Waals surface area contributed by atoms with Crippen LogP contribution in [0.5, 0.6) is 0 Å². The maximum absolute atomic E-state index is 11.5. The summed E-state index contributed by atoms with van der Waals surface area (Å²) in [7, 11) is 0. The van der Waals surface area contributed by atoms with E-state index >= 15 is 0 Å². The van der Waals surface area contributed by atoms with Crippen LogP contribution in [0.1, 0.15) is 32.6 Å². The first-order valence-electron chi connectivity index (χ1n) is 5.52. The molecular formula is C11H18O3. The van der Waals surface area contributed by atoms with Gasteiger partial charge in [-0.05, 0) is 19.8 Å². The average Bonchev–Trinajstić information content (AvgIpc) is 2.70. The Morgan fingerprint density at radius 2 is 1.79 bits per heavy atom. The van der Waals surface area contributed by atoms with Gasteiger partial charge in [0.05, 0.1) is 13.2 Å². The second kappa shape index (κ2) is 4.41. The fourth-order valence-electron chi connectivity index (χ4n) is 2.61. The highest BCUT2D eigenvalue weighted by Gasteiger charge is 2.37. The van der Waals surface area contributed by atoms with Gasteiger partial charge in [-0.2, -0.15) is 0 Å². The number of ketones is 1. The summed E-state index contributed by atoms with van der Waals surface area (Å²) in [6, 6.07) is 0. The van der Waals surface area contributed by atoms with Crippen LogP contribution in [0.15, 0.2) is 0 Å². The molecular weight excluding hydrogens is 180 g/mol. The number of Topliss-reactive ketones (excluding diaryl/α,β-unsaturated/α-hetero) is 1. The molecule has 2 aliphatic rings. The molecule has 0 spiro atoms. The fourth-order valence-corrected chi connectivity index (χ4v) is 2.61. The van der Waals surface area contributed by atoms with Crippen molar-refractivity contribution in [1.29, 1.82) is 0 Å². The third-order valence-electron chi connectivity index (χ3n) is 3.34. The van der Waals surface area contributed by atoms with Gasteiger partial charge in [0.2, 0.25) is 0 Å². The van der Waals surface area contributed by atoms with Gasteiger partial charge in [-0.25, -0.2) is 0 Å². The standard InChI is InChI=1S/C11H18O3/c1-8(12)9-4-2-3-5-10(9)11-13-6-7-14-11/h9-11H,2-7H2,1H3. The highest BCUT2D eigenvalue weighted by atomic mass is 16.7. The van der Waals surface area contributed by atoms with Gasteiger partial charge in [0.25, 0.3) is 0 Å². The molecule has 0 aromatic heterocycles. The summed E-state index contributed by atoms with van der Waals surface area (Å²) in [5.41, 5.74) is 0. The molecule has 0 aromatic carbocycles. The van der Waals surface area contributed by atoms with Crippen LogP contribution < -0.4 is 0 Å². The highest BCUT2D eigenvalue weighted by Crippen LogP contribution is 2.35. The Balaban J connectivity index is 2.01. The molecule has 3 nitrogen and oxygen atoms in total. The highest BCUT2D eigenvalue weighted by molar-refractivity contribution is 5.78. The fraction of sp³-hybridized carbons (Fsp3) is 0.909. The largest absolute Gasteiger partial charge is 0.350 e. The predicted molar refractivity (Wildman–Crippen MR) is 51.8 cm³/mol. The van der Waals surface area contributed by atoms with Crippen molar-refractivity contribution in [2.45, 2.75) is 38.9 Å². The van der Waals surface area contributed by atoms with E-state index in [1.165, 1.54) is 12.8 Å². The normalized spacial score (nSPS) is 34.6. The minimum atomic E-state index is -0.107. The van der Waals surface area contributed by atoms with Gasteiger partial charge in [-0.1, -0.05) is 12.8 Å². The lowest BCUT2D eigenvalue weighted by Gasteiger charge is -2.32. The molecule has 2 rings (SSSR count). The van der Waals surface area contributed by atoms with Crippen LogP contribution in [0.25, 0.3) is 0 Å². The Morgan fingerprint density at radius 3 is 2.43 bits per heavy atom. The quantitative estimate of drug-likeness (QED) is 0.678. The minimum absolute atomic E-state index is 0.107. The Bertz CT molecular complexity index is 209. The average molecular weight is 198 g/mol. The third-order valence-corrected chi connectivity index (χ3v) is 3.34. The summed E-state index contributed by atoms with van der Waals surface area (Å²) < 4.78 is 11.0. The van der Waals surface area contributed by atoms with Crippen LogP contribution >= 0.6 is 0 Å². The molecule has 2 atom stereocenters. The van der Waals surface area contributed by atoms with Crippen molar-refractivity contribution >= 4 is 5.78 Å². The second-order valence-electron chi connectivity index (χ2n) is 4.28. The van der Waals surface area contributed by atoms with Crippen molar-refractivity contribution in [3.05, 3.63) is 0 Å². The predicted octanol–water partition coefficient (Wildman–Crippen LogP) is 1.75. The Kier molecular flexibility index (Phi) is 3.19. The Labute approximate surface area is 84.8 Å². The summed E-state index contributed by atoms with van der Waals surface area (Å²) in [5.74, 6) is 0.782. The minimum Gasteiger partial charge on any atom is -0.350 e. The smallest absolute Gasteiger partial charge is 0.161 e. The van der Waals surface area contributed by atoms with E-state index in [0.717, 1.165) is 12.8 Å². The van der Waals surface area contributed by atoms with E-state index < -0.39 is 0 Å². The van der Waals surface area contributed by atoms with E-state index in [1.54, 1.807) is 6.92 Å². The van der Waals surface area contributed by atoms with E-state index in [-0.39, 0.29) is 12.2 Å². The van der Waals surface area contributed by atoms with Gasteiger partial charge in [0.15, 0.2) is 6.29 Å². The first-order valence-corrected chi connectivity index (χ1v) is 5.52. The Morgan fingerprint density at radius 1 is 1.14 bits per heavy atom. The maximum atomic E-state index is 11.5. The molecule has 2 fully saturated rings. The number of carbonyl (C=O) groups excluding carboxylic acids is 1. The van der Waals surface area contributed by atoms with Crippen LogP contribution in [0.3, 0.4) is 0 Å². The van der Waals surface area contributed by atoms with Crippen LogP contribution in [0.2, 0.25) is 0 Å². The second-order valence-corrected chi connectivity index (χ2v) is 4.28. The van der Waals surface area contributed by atoms with Crippen molar-refractivity contribution in [3.63, 3.8) is 0 Å². The van der Waals surface area contributed by atoms with Gasteiger partial charge in [0.1, 0.15) is 5.78 Å². The molecule has 0 amide bonds. The SMILES string of the molecule is CC(=O)C1CCCCC1C1OCCO1. The molecule has 0 aromatic rings. The zero-order valence-corrected chi connectivity index (χ0v) is 8.70. The van der Waals surface area contributed by atoms with E-state index in [4.69, 9.17) is 9.47 Å². The summed E-state index contributed by atoms with van der Waals surface area (Å²) in [6.45, 7) is 3.07. The number of carbonyl (C=O) groups is 1. The van der Waals surface area contributed by atoms with E-state index in [0.29, 0.717) is 24.9 Å². The zero-order valence-electron chi connectivity index (χ0n) is 8.70. The third kappa shape index (κ3) is 1.98. The first-order chi connectivity index (χ1) is 6.79. The molecule has 0 radical (unpaired) electrons. The molecule has 0 bridgehead atoms. The van der Waals surface area contributed by atoms with Gasteiger partial charge in [-0.15, -0.1) is 0 Å². The molecule has 14 heavy (non-hydrogen) atoms. The number of ether oxygens (including phenoxy) is 2. The molecule has 1 aliphatic heterocycles. The van der Waals surface area contributed by atoms with Crippen molar-refractivity contribution in [1.82, 2.24) is 0 Å². The van der Waals surface area contributed by atoms with Crippen molar-refractivity contribution in [3.8, 4) is 0 Å². The first kappa shape index (κ1) is 10.1. The van der Waals surface area contributed by atoms with Crippen molar-refractivity contribution < 1.29 is 14.3 Å². The molecule has 80 valence electrons. The molecule has 3 heteroatoms. The topological polar surface area (TPSA) is 35.5 Å². The summed E-state index contributed by atoms with van der Waals surface area (Å²) >= 11 is 0. The molecule has 0 N–H and O–H groups in total. The van der Waals surface area contributed by atoms with Crippen LogP contribution in [-0.4, -0.2) is 25.3 Å². The van der Waals surface area contributed by atoms with Gasteiger partial charge < -0.3 is 9.47 Å². The molecule has 1 saturated heterocycles. The lowest BCUT2D eigenvalue weighted by molar-refractivity contribution is -0.138. The number of rotatable bonds is 2. The molecule has 1 aliphatic carbocycles. The van der Waals surface area contributed by atoms with Gasteiger partial charge in [-0.3, -0.25) is 4.79 Å². The van der Waals surface area contributed by atoms with E-state index in [9.17, 15) is 4.79 Å². The number of hydrogen-bond acceptors (Lipinski definition) is 3. The van der Waals surface area contributed by atoms with Crippen molar-refractivity contribution in [2.24, 2.45) is 11.8 Å². The zero-order chi connectivity index (χ0) is 9.97. The lowest BCUT2D eigenvalue weighted by Crippen LogP contribution is -2.35. The molecule has 2 unspecified atom stereocenters. The maximum Gasteiger partial charge on any atom is 0.161 e. The lowest BCUT2D eigenvalue weighted by atomic mass is 9.77. The van der Waals surface area contributed by atoms with Crippen LogP contribution in [0, 0.1) is 11.8 Å². The monoisotopic (exact) mass is 198 g/mol. The van der Waals surface area contributed by atoms with Gasteiger partial charge >= 0.3 is 0 Å². The molecule has 1 saturated carbocycles. The van der Waals surface area contributed by atoms with E-state index in [2.05, 4.69) is 0 Å². The summed E-state index contributed by atoms with van der Waals surface area (Å²) in [5, 5.41) is 0. The molecule has 1 heterocycles. The van der Waals surface area contributed by atoms with Crippen molar-refractivity contribution in [2.75, 3.05) is 13.2 Å². The number of hydrogen-bond donors (Lipinski definition) is 0. The van der Waals surface area contributed by atoms with Crippen LogP contribution in [0.4, 0.5) is 0 Å². The Hall–Kier alpha value is -0.410. The van der Waals surface area contributed by atoms with E-state index in [1.807, 2.05) is 0 Å².